The fourth-order valence-electron chi connectivity index (χ4n) is 2.96. The Morgan fingerprint density at radius 2 is 1.86 bits per heavy atom. The zero-order chi connectivity index (χ0) is 14.7. The van der Waals surface area contributed by atoms with Gasteiger partial charge >= 0.3 is 0 Å². The summed E-state index contributed by atoms with van der Waals surface area (Å²) in [5, 5.41) is 5.32. The quantitative estimate of drug-likeness (QED) is 0.662. The van der Waals surface area contributed by atoms with Crippen molar-refractivity contribution in [3.05, 3.63) is 41.2 Å². The number of carbonyl (C=O) groups excluding carboxylic acids is 1. The van der Waals surface area contributed by atoms with E-state index in [9.17, 15) is 4.79 Å². The Labute approximate surface area is 129 Å². The van der Waals surface area contributed by atoms with Gasteiger partial charge in [-0.2, -0.15) is 0 Å². The van der Waals surface area contributed by atoms with Gasteiger partial charge in [-0.1, -0.05) is 61.5 Å². The first-order valence-electron chi connectivity index (χ1n) is 7.60. The lowest BCUT2D eigenvalue weighted by atomic mass is 10.1. The lowest BCUT2D eigenvalue weighted by Crippen LogP contribution is -2.34. The van der Waals surface area contributed by atoms with Crippen LogP contribution in [-0.4, -0.2) is 16.9 Å². The molecule has 0 atom stereocenters. The zero-order valence-electron chi connectivity index (χ0n) is 11.9. The number of aromatic nitrogens is 1. The molecule has 1 aliphatic carbocycles. The topological polar surface area (TPSA) is 42.0 Å². The SMILES string of the molecule is O=C(NC1CCCCCC1)c1cc2ccccc2c(Cl)n1. The van der Waals surface area contributed by atoms with Gasteiger partial charge in [0.1, 0.15) is 10.8 Å². The van der Waals surface area contributed by atoms with E-state index >= 15 is 0 Å². The highest BCUT2D eigenvalue weighted by Crippen LogP contribution is 2.23. The highest BCUT2D eigenvalue weighted by molar-refractivity contribution is 6.34. The maximum Gasteiger partial charge on any atom is 0.270 e. The molecule has 0 aliphatic heterocycles. The first-order chi connectivity index (χ1) is 10.2. The Morgan fingerprint density at radius 3 is 2.62 bits per heavy atom. The molecule has 0 unspecified atom stereocenters. The summed E-state index contributed by atoms with van der Waals surface area (Å²) in [6, 6.07) is 9.80. The van der Waals surface area contributed by atoms with Crippen molar-refractivity contribution < 1.29 is 4.79 Å². The molecule has 1 saturated carbocycles. The molecule has 0 saturated heterocycles. The van der Waals surface area contributed by atoms with E-state index in [1.165, 1.54) is 25.7 Å². The molecule has 0 spiro atoms. The van der Waals surface area contributed by atoms with Crippen molar-refractivity contribution in [1.82, 2.24) is 10.3 Å². The molecule has 0 radical (unpaired) electrons. The third kappa shape index (κ3) is 3.35. The van der Waals surface area contributed by atoms with Crippen LogP contribution in [-0.2, 0) is 0 Å². The van der Waals surface area contributed by atoms with Crippen LogP contribution in [0, 0.1) is 0 Å². The summed E-state index contributed by atoms with van der Waals surface area (Å²) < 4.78 is 0. The normalized spacial score (nSPS) is 16.6. The number of benzene rings is 1. The largest absolute Gasteiger partial charge is 0.348 e. The average Bonchev–Trinajstić information content (AvgIpc) is 2.76. The van der Waals surface area contributed by atoms with Gasteiger partial charge in [-0.25, -0.2) is 4.98 Å². The monoisotopic (exact) mass is 302 g/mol. The number of fused-ring (bicyclic) bond motifs is 1. The Morgan fingerprint density at radius 1 is 1.14 bits per heavy atom. The zero-order valence-corrected chi connectivity index (χ0v) is 12.7. The van der Waals surface area contributed by atoms with Crippen molar-refractivity contribution in [2.24, 2.45) is 0 Å². The summed E-state index contributed by atoms with van der Waals surface area (Å²) in [6.07, 6.45) is 7.05. The standard InChI is InChI=1S/C17H19ClN2O/c18-16-14-10-6-5-7-12(14)11-15(20-16)17(21)19-13-8-3-1-2-4-9-13/h5-7,10-11,13H,1-4,8-9H2,(H,19,21). The van der Waals surface area contributed by atoms with E-state index in [1.807, 2.05) is 30.3 Å². The average molecular weight is 303 g/mol. The molecule has 1 aromatic heterocycles. The number of nitrogens with one attached hydrogen (secondary N) is 1. The summed E-state index contributed by atoms with van der Waals surface area (Å²) in [6.45, 7) is 0. The van der Waals surface area contributed by atoms with Crippen LogP contribution in [0.4, 0.5) is 0 Å². The number of rotatable bonds is 2. The Kier molecular flexibility index (Phi) is 4.39. The predicted octanol–water partition coefficient (Wildman–Crippen LogP) is 4.34. The van der Waals surface area contributed by atoms with Crippen LogP contribution >= 0.6 is 11.6 Å². The van der Waals surface area contributed by atoms with Crippen molar-refractivity contribution in [2.45, 2.75) is 44.6 Å². The number of nitrogens with zero attached hydrogens (tertiary/aromatic N) is 1. The van der Waals surface area contributed by atoms with E-state index in [2.05, 4.69) is 10.3 Å². The van der Waals surface area contributed by atoms with Gasteiger partial charge in [-0.3, -0.25) is 4.79 Å². The van der Waals surface area contributed by atoms with Gasteiger partial charge in [0.2, 0.25) is 0 Å². The molecular formula is C17H19ClN2O. The third-order valence-corrected chi connectivity index (χ3v) is 4.41. The van der Waals surface area contributed by atoms with E-state index in [-0.39, 0.29) is 11.9 Å². The number of halogens is 1. The summed E-state index contributed by atoms with van der Waals surface area (Å²) in [5.41, 5.74) is 0.406. The second kappa shape index (κ2) is 6.44. The molecule has 1 aromatic carbocycles. The third-order valence-electron chi connectivity index (χ3n) is 4.12. The van der Waals surface area contributed by atoms with Crippen molar-refractivity contribution >= 4 is 28.3 Å². The first-order valence-corrected chi connectivity index (χ1v) is 7.98. The molecule has 3 nitrogen and oxygen atoms in total. The highest BCUT2D eigenvalue weighted by Gasteiger charge is 2.17. The van der Waals surface area contributed by atoms with Crippen molar-refractivity contribution in [1.29, 1.82) is 0 Å². The Hall–Kier alpha value is -1.61. The van der Waals surface area contributed by atoms with Crippen LogP contribution in [0.3, 0.4) is 0 Å². The van der Waals surface area contributed by atoms with Crippen LogP contribution in [0.25, 0.3) is 10.8 Å². The minimum Gasteiger partial charge on any atom is -0.348 e. The van der Waals surface area contributed by atoms with E-state index in [0.29, 0.717) is 10.8 Å². The molecule has 4 heteroatoms. The molecular weight excluding hydrogens is 284 g/mol. The fraction of sp³-hybridized carbons (Fsp3) is 0.412. The van der Waals surface area contributed by atoms with E-state index in [1.54, 1.807) is 0 Å². The molecule has 1 N–H and O–H groups in total. The van der Waals surface area contributed by atoms with Gasteiger partial charge in [0.05, 0.1) is 0 Å². The molecule has 1 amide bonds. The highest BCUT2D eigenvalue weighted by atomic mass is 35.5. The number of amides is 1. The van der Waals surface area contributed by atoms with Crippen LogP contribution < -0.4 is 5.32 Å². The summed E-state index contributed by atoms with van der Waals surface area (Å²) in [5.74, 6) is -0.116. The number of hydrogen-bond donors (Lipinski definition) is 1. The van der Waals surface area contributed by atoms with E-state index < -0.39 is 0 Å². The second-order valence-electron chi connectivity index (χ2n) is 5.68. The number of pyridine rings is 1. The van der Waals surface area contributed by atoms with E-state index in [0.717, 1.165) is 23.6 Å². The second-order valence-corrected chi connectivity index (χ2v) is 6.04. The molecule has 0 bridgehead atoms. The summed E-state index contributed by atoms with van der Waals surface area (Å²) >= 11 is 6.18. The first kappa shape index (κ1) is 14.3. The van der Waals surface area contributed by atoms with Crippen LogP contribution in [0.2, 0.25) is 5.15 Å². The Bertz CT molecular complexity index is 648. The van der Waals surface area contributed by atoms with Crippen LogP contribution in [0.15, 0.2) is 30.3 Å². The predicted molar refractivity (Wildman–Crippen MR) is 85.7 cm³/mol. The van der Waals surface area contributed by atoms with Crippen molar-refractivity contribution in [3.63, 3.8) is 0 Å². The maximum atomic E-state index is 12.4. The number of hydrogen-bond acceptors (Lipinski definition) is 2. The Balaban J connectivity index is 1.80. The minimum absolute atomic E-state index is 0.116. The molecule has 110 valence electrons. The van der Waals surface area contributed by atoms with Gasteiger partial charge in [0, 0.05) is 11.4 Å². The molecule has 1 heterocycles. The number of carbonyl (C=O) groups is 1. The van der Waals surface area contributed by atoms with Crippen molar-refractivity contribution in [3.8, 4) is 0 Å². The molecule has 2 aromatic rings. The van der Waals surface area contributed by atoms with E-state index in [4.69, 9.17) is 11.6 Å². The molecule has 3 rings (SSSR count). The van der Waals surface area contributed by atoms with Gasteiger partial charge in [0.15, 0.2) is 0 Å². The van der Waals surface area contributed by atoms with Crippen molar-refractivity contribution in [2.75, 3.05) is 0 Å². The van der Waals surface area contributed by atoms with Crippen LogP contribution in [0.5, 0.6) is 0 Å². The van der Waals surface area contributed by atoms with Gasteiger partial charge in [-0.05, 0) is 24.3 Å². The lowest BCUT2D eigenvalue weighted by Gasteiger charge is -2.16. The van der Waals surface area contributed by atoms with Gasteiger partial charge < -0.3 is 5.32 Å². The summed E-state index contributed by atoms with van der Waals surface area (Å²) in [4.78, 5) is 16.6. The molecule has 21 heavy (non-hydrogen) atoms. The fourth-order valence-corrected chi connectivity index (χ4v) is 3.22. The van der Waals surface area contributed by atoms with Crippen LogP contribution in [0.1, 0.15) is 49.0 Å². The van der Waals surface area contributed by atoms with Gasteiger partial charge in [-0.15, -0.1) is 0 Å². The molecule has 1 fully saturated rings. The lowest BCUT2D eigenvalue weighted by molar-refractivity contribution is 0.0928. The summed E-state index contributed by atoms with van der Waals surface area (Å²) in [7, 11) is 0. The maximum absolute atomic E-state index is 12.4. The minimum atomic E-state index is -0.116. The molecule has 1 aliphatic rings. The van der Waals surface area contributed by atoms with Gasteiger partial charge in [0.25, 0.3) is 5.91 Å². The smallest absolute Gasteiger partial charge is 0.270 e.